The highest BCUT2D eigenvalue weighted by Crippen LogP contribution is 2.32. The molecule has 4 N–H and O–H groups in total. The molecule has 5 atom stereocenters. The van der Waals surface area contributed by atoms with E-state index in [4.69, 9.17) is 19.9 Å². The summed E-state index contributed by atoms with van der Waals surface area (Å²) in [6.45, 7) is 13.6. The van der Waals surface area contributed by atoms with E-state index in [-0.39, 0.29) is 29.7 Å². The lowest BCUT2D eigenvalue weighted by molar-refractivity contribution is -0.128. The fourth-order valence-electron chi connectivity index (χ4n) is 5.12. The predicted molar refractivity (Wildman–Crippen MR) is 166 cm³/mol. The zero-order valence-corrected chi connectivity index (χ0v) is 26.5. The van der Waals surface area contributed by atoms with Crippen LogP contribution in [0.25, 0.3) is 0 Å². The van der Waals surface area contributed by atoms with Crippen molar-refractivity contribution in [2.45, 2.75) is 85.4 Å². The maximum absolute atomic E-state index is 13.3. The number of aliphatic hydroxyl groups is 1. The standard InChI is InChI=1S/C34H54N2O5/c1-22(2)28(18-26-12-15-32(40-8)33(19-26)41-17-9-16-39-7)20-30(35)31(37)21-29(23(3)4)34(38)36-25(6)27-13-10-24(5)11-14-27/h10-15,19,22-23,25,28-31,37H,9,16-18,20-21,35H2,1-8H3,(H,36,38)/t25-,28+,29+,30+,31+/m1/s1. The predicted octanol–water partition coefficient (Wildman–Crippen LogP) is 5.85. The maximum Gasteiger partial charge on any atom is 0.223 e. The molecule has 2 aromatic rings. The number of rotatable bonds is 18. The molecule has 0 fully saturated rings. The van der Waals surface area contributed by atoms with Gasteiger partial charge in [-0.15, -0.1) is 0 Å². The normalized spacial score (nSPS) is 15.3. The number of carbonyl (C=O) groups excluding carboxylic acids is 1. The number of aliphatic hydroxyl groups excluding tert-OH is 1. The van der Waals surface area contributed by atoms with Crippen LogP contribution in [0.4, 0.5) is 0 Å². The van der Waals surface area contributed by atoms with Crippen LogP contribution in [-0.4, -0.2) is 50.6 Å². The van der Waals surface area contributed by atoms with E-state index in [2.05, 4.69) is 37.4 Å². The Hall–Kier alpha value is -2.61. The number of nitrogens with two attached hydrogens (primary N) is 1. The monoisotopic (exact) mass is 570 g/mol. The number of benzene rings is 2. The van der Waals surface area contributed by atoms with E-state index in [0.29, 0.717) is 37.7 Å². The molecule has 0 saturated heterocycles. The van der Waals surface area contributed by atoms with Crippen molar-refractivity contribution in [1.82, 2.24) is 5.32 Å². The number of nitrogens with one attached hydrogen (secondary N) is 1. The number of aryl methyl sites for hydroxylation is 1. The fourth-order valence-corrected chi connectivity index (χ4v) is 5.12. The first-order chi connectivity index (χ1) is 19.5. The average molecular weight is 571 g/mol. The highest BCUT2D eigenvalue weighted by atomic mass is 16.5. The minimum absolute atomic E-state index is 0.0454. The highest BCUT2D eigenvalue weighted by molar-refractivity contribution is 5.79. The Morgan fingerprint density at radius 3 is 2.20 bits per heavy atom. The number of hydrogen-bond acceptors (Lipinski definition) is 6. The Morgan fingerprint density at radius 1 is 0.927 bits per heavy atom. The first-order valence-electron chi connectivity index (χ1n) is 15.1. The number of ether oxygens (including phenoxy) is 3. The SMILES string of the molecule is COCCCOc1cc(C[C@@H](C[C@H](N)[C@@H](O)C[C@H](C(=O)N[C@H](C)c2ccc(C)cc2)C(C)C)C(C)C)ccc1OC. The molecule has 0 heterocycles. The lowest BCUT2D eigenvalue weighted by atomic mass is 9.80. The molecular formula is C34H54N2O5. The summed E-state index contributed by atoms with van der Waals surface area (Å²) in [5.41, 5.74) is 9.98. The first-order valence-corrected chi connectivity index (χ1v) is 15.1. The third kappa shape index (κ3) is 11.3. The van der Waals surface area contributed by atoms with Gasteiger partial charge in [0.2, 0.25) is 5.91 Å². The molecule has 2 aromatic carbocycles. The van der Waals surface area contributed by atoms with Crippen molar-refractivity contribution in [3.8, 4) is 11.5 Å². The smallest absolute Gasteiger partial charge is 0.223 e. The molecule has 0 aromatic heterocycles. The van der Waals surface area contributed by atoms with E-state index >= 15 is 0 Å². The molecule has 0 saturated carbocycles. The van der Waals surface area contributed by atoms with Crippen LogP contribution in [0.1, 0.15) is 76.6 Å². The molecule has 0 aliphatic heterocycles. The number of carbonyl (C=O) groups is 1. The summed E-state index contributed by atoms with van der Waals surface area (Å²) in [7, 11) is 3.32. The average Bonchev–Trinajstić information content (AvgIpc) is 2.93. The van der Waals surface area contributed by atoms with Gasteiger partial charge in [0.1, 0.15) is 0 Å². The van der Waals surface area contributed by atoms with Crippen LogP contribution in [0.5, 0.6) is 11.5 Å². The lowest BCUT2D eigenvalue weighted by Crippen LogP contribution is -2.43. The van der Waals surface area contributed by atoms with E-state index in [1.165, 1.54) is 5.56 Å². The van der Waals surface area contributed by atoms with E-state index < -0.39 is 12.1 Å². The number of methoxy groups -OCH3 is 2. The topological polar surface area (TPSA) is 103 Å². The van der Waals surface area contributed by atoms with Gasteiger partial charge < -0.3 is 30.4 Å². The molecule has 7 nitrogen and oxygen atoms in total. The van der Waals surface area contributed by atoms with E-state index in [0.717, 1.165) is 29.7 Å². The summed E-state index contributed by atoms with van der Waals surface area (Å²) in [4.78, 5) is 13.3. The van der Waals surface area contributed by atoms with Gasteiger partial charge in [0.15, 0.2) is 11.5 Å². The molecule has 0 spiro atoms. The molecule has 1 amide bonds. The molecular weight excluding hydrogens is 516 g/mol. The Labute approximate surface area is 248 Å². The Bertz CT molecular complexity index is 1040. The minimum atomic E-state index is -0.778. The molecule has 0 unspecified atom stereocenters. The van der Waals surface area contributed by atoms with Crippen LogP contribution in [0.15, 0.2) is 42.5 Å². The van der Waals surface area contributed by atoms with Crippen molar-refractivity contribution in [3.63, 3.8) is 0 Å². The molecule has 0 aliphatic carbocycles. The van der Waals surface area contributed by atoms with Crippen molar-refractivity contribution in [2.75, 3.05) is 27.4 Å². The highest BCUT2D eigenvalue weighted by Gasteiger charge is 2.30. The van der Waals surface area contributed by atoms with Gasteiger partial charge in [-0.2, -0.15) is 0 Å². The Morgan fingerprint density at radius 2 is 1.61 bits per heavy atom. The quantitative estimate of drug-likeness (QED) is 0.194. The van der Waals surface area contributed by atoms with Crippen LogP contribution >= 0.6 is 0 Å². The van der Waals surface area contributed by atoms with Gasteiger partial charge in [0.05, 0.1) is 25.9 Å². The van der Waals surface area contributed by atoms with Gasteiger partial charge in [-0.1, -0.05) is 63.6 Å². The number of hydrogen-bond donors (Lipinski definition) is 3. The fraction of sp³-hybridized carbons (Fsp3) is 0.618. The zero-order valence-electron chi connectivity index (χ0n) is 26.5. The van der Waals surface area contributed by atoms with Gasteiger partial charge in [0, 0.05) is 32.1 Å². The first kappa shape index (κ1) is 34.6. The van der Waals surface area contributed by atoms with Gasteiger partial charge in [0.25, 0.3) is 0 Å². The summed E-state index contributed by atoms with van der Waals surface area (Å²) in [5, 5.41) is 14.3. The second kappa shape index (κ2) is 17.4. The summed E-state index contributed by atoms with van der Waals surface area (Å²) in [5.74, 6) is 1.73. The minimum Gasteiger partial charge on any atom is -0.493 e. The van der Waals surface area contributed by atoms with Crippen molar-refractivity contribution >= 4 is 5.91 Å². The van der Waals surface area contributed by atoms with Crippen molar-refractivity contribution in [1.29, 1.82) is 0 Å². The van der Waals surface area contributed by atoms with Gasteiger partial charge >= 0.3 is 0 Å². The Balaban J connectivity index is 2.03. The summed E-state index contributed by atoms with van der Waals surface area (Å²) in [6, 6.07) is 13.7. The van der Waals surface area contributed by atoms with Crippen molar-refractivity contribution in [2.24, 2.45) is 29.4 Å². The van der Waals surface area contributed by atoms with Crippen LogP contribution < -0.4 is 20.5 Å². The van der Waals surface area contributed by atoms with Gasteiger partial charge in [-0.3, -0.25) is 4.79 Å². The van der Waals surface area contributed by atoms with E-state index in [9.17, 15) is 9.90 Å². The molecule has 41 heavy (non-hydrogen) atoms. The lowest BCUT2D eigenvalue weighted by Gasteiger charge is -2.30. The van der Waals surface area contributed by atoms with Crippen LogP contribution in [0, 0.1) is 30.6 Å². The van der Waals surface area contributed by atoms with Crippen LogP contribution in [-0.2, 0) is 16.0 Å². The second-order valence-corrected chi connectivity index (χ2v) is 12.1. The molecule has 2 rings (SSSR count). The van der Waals surface area contributed by atoms with E-state index in [1.807, 2.05) is 52.0 Å². The van der Waals surface area contributed by atoms with Crippen molar-refractivity contribution < 1.29 is 24.1 Å². The second-order valence-electron chi connectivity index (χ2n) is 12.1. The Kier molecular flexibility index (Phi) is 14.7. The third-order valence-corrected chi connectivity index (χ3v) is 8.06. The molecule has 0 radical (unpaired) electrons. The largest absolute Gasteiger partial charge is 0.493 e. The molecule has 0 aliphatic rings. The maximum atomic E-state index is 13.3. The molecule has 230 valence electrons. The van der Waals surface area contributed by atoms with Crippen LogP contribution in [0.3, 0.4) is 0 Å². The van der Waals surface area contributed by atoms with E-state index in [1.54, 1.807) is 14.2 Å². The zero-order chi connectivity index (χ0) is 30.5. The van der Waals surface area contributed by atoms with Gasteiger partial charge in [-0.25, -0.2) is 0 Å². The summed E-state index contributed by atoms with van der Waals surface area (Å²) in [6.07, 6.45) is 1.81. The number of amides is 1. The third-order valence-electron chi connectivity index (χ3n) is 8.06. The molecule has 7 heteroatoms. The van der Waals surface area contributed by atoms with Crippen LogP contribution in [0.2, 0.25) is 0 Å². The van der Waals surface area contributed by atoms with Crippen molar-refractivity contribution in [3.05, 3.63) is 59.2 Å². The summed E-state index contributed by atoms with van der Waals surface area (Å²) < 4.78 is 16.6. The molecule has 0 bridgehead atoms. The van der Waals surface area contributed by atoms with Gasteiger partial charge in [-0.05, 0) is 74.1 Å². The summed E-state index contributed by atoms with van der Waals surface area (Å²) >= 11 is 0.